The highest BCUT2D eigenvalue weighted by molar-refractivity contribution is 5.20. The molecule has 2 rings (SSSR count). The summed E-state index contributed by atoms with van der Waals surface area (Å²) in [4.78, 5) is 0. The number of rotatable bonds is 6. The molecule has 0 fully saturated rings. The van der Waals surface area contributed by atoms with Crippen molar-refractivity contribution in [1.29, 1.82) is 0 Å². The first-order valence-electron chi connectivity index (χ1n) is 7.16. The van der Waals surface area contributed by atoms with E-state index < -0.39 is 11.6 Å². The fraction of sp³-hybridized carbons (Fsp3) is 0.438. The monoisotopic (exact) mass is 293 g/mol. The number of nitrogens with zero attached hydrogens (tertiary/aromatic N) is 2. The maximum atomic E-state index is 13.3. The van der Waals surface area contributed by atoms with E-state index in [1.165, 1.54) is 12.1 Å². The molecule has 114 valence electrons. The molecule has 0 aliphatic heterocycles. The lowest BCUT2D eigenvalue weighted by atomic mass is 10.0. The smallest absolute Gasteiger partial charge is 0.159 e. The van der Waals surface area contributed by atoms with Crippen molar-refractivity contribution in [2.45, 2.75) is 32.2 Å². The van der Waals surface area contributed by atoms with E-state index in [4.69, 9.17) is 0 Å². The van der Waals surface area contributed by atoms with E-state index in [0.29, 0.717) is 6.42 Å². The third kappa shape index (κ3) is 3.88. The van der Waals surface area contributed by atoms with E-state index in [2.05, 4.69) is 23.4 Å². The summed E-state index contributed by atoms with van der Waals surface area (Å²) in [5.74, 6) is -1.60. The van der Waals surface area contributed by atoms with E-state index >= 15 is 0 Å². The third-order valence-electron chi connectivity index (χ3n) is 3.72. The lowest BCUT2D eigenvalue weighted by molar-refractivity contribution is 0.501. The van der Waals surface area contributed by atoms with Crippen LogP contribution in [0.25, 0.3) is 0 Å². The molecule has 1 heterocycles. The van der Waals surface area contributed by atoms with Gasteiger partial charge in [0.25, 0.3) is 0 Å². The molecule has 0 radical (unpaired) electrons. The Morgan fingerprint density at radius 2 is 1.95 bits per heavy atom. The molecule has 0 saturated carbocycles. The average molecular weight is 293 g/mol. The van der Waals surface area contributed by atoms with Gasteiger partial charge in [-0.2, -0.15) is 5.10 Å². The number of aromatic nitrogens is 2. The zero-order chi connectivity index (χ0) is 15.4. The highest BCUT2D eigenvalue weighted by Gasteiger charge is 2.13. The van der Waals surface area contributed by atoms with Crippen molar-refractivity contribution in [1.82, 2.24) is 15.1 Å². The van der Waals surface area contributed by atoms with Gasteiger partial charge in [0.05, 0.1) is 5.69 Å². The molecule has 1 N–H and O–H groups in total. The third-order valence-corrected chi connectivity index (χ3v) is 3.72. The summed E-state index contributed by atoms with van der Waals surface area (Å²) >= 11 is 0. The molecule has 5 heteroatoms. The molecule has 0 aliphatic carbocycles. The Bertz CT molecular complexity index is 608. The summed E-state index contributed by atoms with van der Waals surface area (Å²) in [6.45, 7) is 2.07. The number of halogens is 2. The first-order chi connectivity index (χ1) is 10.0. The number of hydrogen-bond acceptors (Lipinski definition) is 2. The highest BCUT2D eigenvalue weighted by Crippen LogP contribution is 2.13. The minimum absolute atomic E-state index is 0.148. The Labute approximate surface area is 124 Å². The maximum absolute atomic E-state index is 13.3. The van der Waals surface area contributed by atoms with Crippen molar-refractivity contribution in [3.63, 3.8) is 0 Å². The lowest BCUT2D eigenvalue weighted by Gasteiger charge is -2.16. The normalized spacial score (nSPS) is 12.6. The van der Waals surface area contributed by atoms with Gasteiger partial charge >= 0.3 is 0 Å². The lowest BCUT2D eigenvalue weighted by Crippen LogP contribution is -2.30. The van der Waals surface area contributed by atoms with Gasteiger partial charge in [-0.15, -0.1) is 0 Å². The van der Waals surface area contributed by atoms with Gasteiger partial charge in [-0.1, -0.05) is 13.0 Å². The number of nitrogens with one attached hydrogen (secondary N) is 1. The molecule has 1 aromatic carbocycles. The van der Waals surface area contributed by atoms with Crippen LogP contribution in [-0.4, -0.2) is 22.9 Å². The van der Waals surface area contributed by atoms with Crippen LogP contribution in [0, 0.1) is 11.6 Å². The Kier molecular flexibility index (Phi) is 5.07. The van der Waals surface area contributed by atoms with Crippen LogP contribution >= 0.6 is 0 Å². The standard InChI is InChI=1S/C16H21F2N3/c1-4-12-9-14(21(3)20-12)10-13(19-2)7-11-5-6-15(17)16(18)8-11/h5-6,8-9,13,19H,4,7,10H2,1-3H3. The predicted molar refractivity (Wildman–Crippen MR) is 79.2 cm³/mol. The van der Waals surface area contributed by atoms with Gasteiger partial charge in [0, 0.05) is 25.2 Å². The van der Waals surface area contributed by atoms with Crippen molar-refractivity contribution in [3.8, 4) is 0 Å². The van der Waals surface area contributed by atoms with E-state index in [9.17, 15) is 8.78 Å². The Morgan fingerprint density at radius 3 is 2.52 bits per heavy atom. The maximum Gasteiger partial charge on any atom is 0.159 e. The van der Waals surface area contributed by atoms with Gasteiger partial charge in [0.15, 0.2) is 11.6 Å². The van der Waals surface area contributed by atoms with Crippen LogP contribution in [0.3, 0.4) is 0 Å². The van der Waals surface area contributed by atoms with E-state index in [1.807, 2.05) is 18.8 Å². The Hall–Kier alpha value is -1.75. The minimum atomic E-state index is -0.807. The van der Waals surface area contributed by atoms with E-state index in [-0.39, 0.29) is 6.04 Å². The second kappa shape index (κ2) is 6.80. The van der Waals surface area contributed by atoms with E-state index in [1.54, 1.807) is 6.07 Å². The largest absolute Gasteiger partial charge is 0.316 e. The van der Waals surface area contributed by atoms with Gasteiger partial charge in [-0.05, 0) is 43.7 Å². The molecule has 21 heavy (non-hydrogen) atoms. The Morgan fingerprint density at radius 1 is 1.19 bits per heavy atom. The number of hydrogen-bond donors (Lipinski definition) is 1. The Balaban J connectivity index is 2.08. The molecule has 2 aromatic rings. The van der Waals surface area contributed by atoms with Crippen molar-refractivity contribution < 1.29 is 8.78 Å². The quantitative estimate of drug-likeness (QED) is 0.887. The summed E-state index contributed by atoms with van der Waals surface area (Å²) in [7, 11) is 3.81. The van der Waals surface area contributed by atoms with Crippen LogP contribution in [0.1, 0.15) is 23.9 Å². The second-order valence-corrected chi connectivity index (χ2v) is 5.25. The predicted octanol–water partition coefficient (Wildman–Crippen LogP) is 2.63. The molecule has 0 spiro atoms. The number of aryl methyl sites for hydroxylation is 2. The molecule has 0 saturated heterocycles. The molecule has 0 amide bonds. The molecule has 1 unspecified atom stereocenters. The first-order valence-corrected chi connectivity index (χ1v) is 7.16. The fourth-order valence-corrected chi connectivity index (χ4v) is 2.42. The average Bonchev–Trinajstić information content (AvgIpc) is 2.82. The van der Waals surface area contributed by atoms with Crippen molar-refractivity contribution >= 4 is 0 Å². The van der Waals surface area contributed by atoms with Crippen molar-refractivity contribution in [3.05, 3.63) is 52.9 Å². The van der Waals surface area contributed by atoms with Crippen LogP contribution in [0.4, 0.5) is 8.78 Å². The van der Waals surface area contributed by atoms with Gasteiger partial charge in [0.2, 0.25) is 0 Å². The van der Waals surface area contributed by atoms with Crippen LogP contribution < -0.4 is 5.32 Å². The fourth-order valence-electron chi connectivity index (χ4n) is 2.42. The van der Waals surface area contributed by atoms with Gasteiger partial charge < -0.3 is 5.32 Å². The van der Waals surface area contributed by atoms with Crippen LogP contribution in [-0.2, 0) is 26.3 Å². The van der Waals surface area contributed by atoms with Crippen molar-refractivity contribution in [2.24, 2.45) is 7.05 Å². The van der Waals surface area contributed by atoms with E-state index in [0.717, 1.165) is 29.8 Å². The zero-order valence-corrected chi connectivity index (χ0v) is 12.7. The SMILES string of the molecule is CCc1cc(CC(Cc2ccc(F)c(F)c2)NC)n(C)n1. The van der Waals surface area contributed by atoms with Gasteiger partial charge in [-0.3, -0.25) is 4.68 Å². The number of likely N-dealkylation sites (N-methyl/N-ethyl adjacent to an activating group) is 1. The summed E-state index contributed by atoms with van der Waals surface area (Å²) in [5.41, 5.74) is 2.98. The molecule has 1 aromatic heterocycles. The first kappa shape index (κ1) is 15.6. The van der Waals surface area contributed by atoms with Crippen molar-refractivity contribution in [2.75, 3.05) is 7.05 Å². The molecular formula is C16H21F2N3. The highest BCUT2D eigenvalue weighted by atomic mass is 19.2. The molecule has 0 aliphatic rings. The molecule has 0 bridgehead atoms. The minimum Gasteiger partial charge on any atom is -0.316 e. The van der Waals surface area contributed by atoms with Crippen LogP contribution in [0.2, 0.25) is 0 Å². The van der Waals surface area contributed by atoms with Gasteiger partial charge in [-0.25, -0.2) is 8.78 Å². The summed E-state index contributed by atoms with van der Waals surface area (Å²) in [6, 6.07) is 6.31. The summed E-state index contributed by atoms with van der Waals surface area (Å²) < 4.78 is 28.1. The summed E-state index contributed by atoms with van der Waals surface area (Å²) in [6.07, 6.45) is 2.33. The summed E-state index contributed by atoms with van der Waals surface area (Å²) in [5, 5.41) is 7.66. The number of benzene rings is 1. The van der Waals surface area contributed by atoms with Crippen LogP contribution in [0.15, 0.2) is 24.3 Å². The second-order valence-electron chi connectivity index (χ2n) is 5.25. The van der Waals surface area contributed by atoms with Gasteiger partial charge in [0.1, 0.15) is 0 Å². The molecule has 3 nitrogen and oxygen atoms in total. The topological polar surface area (TPSA) is 29.9 Å². The van der Waals surface area contributed by atoms with Crippen LogP contribution in [0.5, 0.6) is 0 Å². The molecule has 1 atom stereocenters. The zero-order valence-electron chi connectivity index (χ0n) is 12.7. The molecular weight excluding hydrogens is 272 g/mol.